The lowest BCUT2D eigenvalue weighted by atomic mass is 9.76. The Morgan fingerprint density at radius 1 is 1.12 bits per heavy atom. The van der Waals surface area contributed by atoms with Gasteiger partial charge in [0.2, 0.25) is 5.91 Å². The Morgan fingerprint density at radius 2 is 1.79 bits per heavy atom. The lowest BCUT2D eigenvalue weighted by Crippen LogP contribution is -2.41. The fourth-order valence-electron chi connectivity index (χ4n) is 4.67. The molecule has 0 N–H and O–H groups in total. The highest BCUT2D eigenvalue weighted by molar-refractivity contribution is 5.95. The van der Waals surface area contributed by atoms with Crippen molar-refractivity contribution in [2.45, 2.75) is 39.5 Å². The van der Waals surface area contributed by atoms with Gasteiger partial charge in [0.25, 0.3) is 5.91 Å². The lowest BCUT2D eigenvalue weighted by Gasteiger charge is -2.32. The van der Waals surface area contributed by atoms with Crippen LogP contribution in [0.1, 0.15) is 47.2 Å². The second kappa shape index (κ2) is 6.23. The molecule has 130 valence electrons. The number of hydrogen-bond donors (Lipinski definition) is 0. The summed E-state index contributed by atoms with van der Waals surface area (Å²) < 4.78 is 0. The number of hydrogen-bond acceptors (Lipinski definition) is 2. The highest BCUT2D eigenvalue weighted by atomic mass is 16.2. The van der Waals surface area contributed by atoms with Crippen LogP contribution in [0.15, 0.2) is 18.2 Å². The predicted molar refractivity (Wildman–Crippen MR) is 94.9 cm³/mol. The van der Waals surface area contributed by atoms with Crippen LogP contribution in [-0.2, 0) is 4.79 Å². The fourth-order valence-corrected chi connectivity index (χ4v) is 4.67. The van der Waals surface area contributed by atoms with Gasteiger partial charge < -0.3 is 9.80 Å². The summed E-state index contributed by atoms with van der Waals surface area (Å²) in [5, 5.41) is 0. The first-order valence-electron chi connectivity index (χ1n) is 8.91. The highest BCUT2D eigenvalue weighted by Crippen LogP contribution is 2.50. The number of rotatable bonds is 2. The molecular weight excluding hydrogens is 300 g/mol. The van der Waals surface area contributed by atoms with Crippen molar-refractivity contribution in [3.8, 4) is 0 Å². The van der Waals surface area contributed by atoms with E-state index in [0.29, 0.717) is 0 Å². The number of nitrogens with zero attached hydrogens (tertiary/aromatic N) is 2. The zero-order valence-corrected chi connectivity index (χ0v) is 15.3. The molecule has 1 aliphatic heterocycles. The molecule has 0 unspecified atom stereocenters. The summed E-state index contributed by atoms with van der Waals surface area (Å²) in [6, 6.07) is 6.03. The Morgan fingerprint density at radius 3 is 2.42 bits per heavy atom. The number of carbonyl (C=O) groups is 2. The van der Waals surface area contributed by atoms with E-state index in [9.17, 15) is 9.59 Å². The van der Waals surface area contributed by atoms with Gasteiger partial charge >= 0.3 is 0 Å². The normalized spacial score (nSPS) is 26.2. The molecule has 1 heterocycles. The van der Waals surface area contributed by atoms with E-state index in [-0.39, 0.29) is 23.1 Å². The van der Waals surface area contributed by atoms with Crippen molar-refractivity contribution < 1.29 is 9.59 Å². The zero-order valence-electron chi connectivity index (χ0n) is 15.3. The third-order valence-electron chi connectivity index (χ3n) is 5.79. The van der Waals surface area contributed by atoms with Crippen molar-refractivity contribution >= 4 is 11.8 Å². The molecule has 2 amide bonds. The molecule has 1 saturated heterocycles. The Bertz CT molecular complexity index is 647. The monoisotopic (exact) mass is 328 g/mol. The van der Waals surface area contributed by atoms with Crippen molar-refractivity contribution in [2.75, 3.05) is 27.2 Å². The van der Waals surface area contributed by atoms with E-state index in [1.165, 1.54) is 0 Å². The fraction of sp³-hybridized carbons (Fsp3) is 0.600. The Labute approximate surface area is 144 Å². The van der Waals surface area contributed by atoms with Gasteiger partial charge in [-0.2, -0.15) is 0 Å². The molecule has 0 radical (unpaired) electrons. The molecule has 1 spiro atoms. The number of aryl methyl sites for hydroxylation is 2. The topological polar surface area (TPSA) is 40.6 Å². The zero-order chi connectivity index (χ0) is 17.5. The van der Waals surface area contributed by atoms with Gasteiger partial charge in [0, 0.05) is 44.1 Å². The van der Waals surface area contributed by atoms with E-state index in [1.807, 2.05) is 45.0 Å². The third kappa shape index (κ3) is 2.94. The van der Waals surface area contributed by atoms with Crippen LogP contribution in [0.2, 0.25) is 0 Å². The van der Waals surface area contributed by atoms with Crippen molar-refractivity contribution in [2.24, 2.45) is 11.3 Å². The van der Waals surface area contributed by atoms with E-state index in [4.69, 9.17) is 0 Å². The smallest absolute Gasteiger partial charge is 0.253 e. The maximum absolute atomic E-state index is 12.9. The molecule has 1 aromatic carbocycles. The van der Waals surface area contributed by atoms with Gasteiger partial charge in [-0.1, -0.05) is 23.6 Å². The molecule has 4 nitrogen and oxygen atoms in total. The second-order valence-corrected chi connectivity index (χ2v) is 7.89. The quantitative estimate of drug-likeness (QED) is 0.837. The number of carbonyl (C=O) groups excluding carboxylic acids is 2. The van der Waals surface area contributed by atoms with Gasteiger partial charge in [0.05, 0.1) is 0 Å². The maximum Gasteiger partial charge on any atom is 0.253 e. The van der Waals surface area contributed by atoms with Crippen molar-refractivity contribution in [3.63, 3.8) is 0 Å². The van der Waals surface area contributed by atoms with E-state index < -0.39 is 0 Å². The molecule has 2 fully saturated rings. The summed E-state index contributed by atoms with van der Waals surface area (Å²) in [5.74, 6) is 0.416. The Kier molecular flexibility index (Phi) is 4.41. The van der Waals surface area contributed by atoms with Gasteiger partial charge in [-0.05, 0) is 45.2 Å². The van der Waals surface area contributed by atoms with Crippen LogP contribution < -0.4 is 0 Å². The minimum atomic E-state index is -0.00408. The van der Waals surface area contributed by atoms with Crippen LogP contribution in [0.3, 0.4) is 0 Å². The van der Waals surface area contributed by atoms with Crippen molar-refractivity contribution in [1.29, 1.82) is 0 Å². The van der Waals surface area contributed by atoms with Gasteiger partial charge in [-0.15, -0.1) is 0 Å². The van der Waals surface area contributed by atoms with Crippen LogP contribution in [0.5, 0.6) is 0 Å². The molecular formula is C20H28N2O2. The molecule has 2 atom stereocenters. The standard InChI is InChI=1S/C20H28N2O2/c1-14-10-15(2)12-16(11-14)18(23)22-9-8-20(13-22)7-5-6-17(20)19(24)21(3)4/h10-12,17H,5-9,13H2,1-4H3/t17-,20+/m0/s1. The first kappa shape index (κ1) is 17.0. The summed E-state index contributed by atoms with van der Waals surface area (Å²) >= 11 is 0. The van der Waals surface area contributed by atoms with Crippen molar-refractivity contribution in [1.82, 2.24) is 9.80 Å². The molecule has 1 saturated carbocycles. The van der Waals surface area contributed by atoms with Gasteiger partial charge in [0.1, 0.15) is 0 Å². The van der Waals surface area contributed by atoms with Gasteiger partial charge in [-0.3, -0.25) is 9.59 Å². The highest BCUT2D eigenvalue weighted by Gasteiger charge is 2.51. The summed E-state index contributed by atoms with van der Waals surface area (Å²) in [5.41, 5.74) is 3.01. The average Bonchev–Trinajstić information content (AvgIpc) is 3.12. The first-order valence-corrected chi connectivity index (χ1v) is 8.91. The van der Waals surface area contributed by atoms with Crippen molar-refractivity contribution in [3.05, 3.63) is 34.9 Å². The van der Waals surface area contributed by atoms with E-state index in [2.05, 4.69) is 6.07 Å². The minimum absolute atomic E-state index is 0.00408. The molecule has 4 heteroatoms. The molecule has 0 aromatic heterocycles. The van der Waals surface area contributed by atoms with Gasteiger partial charge in [-0.25, -0.2) is 0 Å². The molecule has 1 aromatic rings. The second-order valence-electron chi connectivity index (χ2n) is 7.89. The molecule has 2 aliphatic rings. The summed E-state index contributed by atoms with van der Waals surface area (Å²) in [6.45, 7) is 5.54. The molecule has 1 aliphatic carbocycles. The van der Waals surface area contributed by atoms with Crippen LogP contribution in [0, 0.1) is 25.2 Å². The summed E-state index contributed by atoms with van der Waals surface area (Å²) in [4.78, 5) is 29.2. The van der Waals surface area contributed by atoms with E-state index in [0.717, 1.165) is 55.5 Å². The van der Waals surface area contributed by atoms with E-state index >= 15 is 0 Å². The molecule has 24 heavy (non-hydrogen) atoms. The number of amides is 2. The van der Waals surface area contributed by atoms with Crippen LogP contribution in [0.4, 0.5) is 0 Å². The van der Waals surface area contributed by atoms with Crippen LogP contribution in [-0.4, -0.2) is 48.8 Å². The lowest BCUT2D eigenvalue weighted by molar-refractivity contribution is -0.136. The van der Waals surface area contributed by atoms with E-state index in [1.54, 1.807) is 4.90 Å². The first-order chi connectivity index (χ1) is 11.3. The third-order valence-corrected chi connectivity index (χ3v) is 5.79. The van der Waals surface area contributed by atoms with Crippen LogP contribution in [0.25, 0.3) is 0 Å². The van der Waals surface area contributed by atoms with Gasteiger partial charge in [0.15, 0.2) is 0 Å². The molecule has 3 rings (SSSR count). The predicted octanol–water partition coefficient (Wildman–Crippen LogP) is 3.02. The largest absolute Gasteiger partial charge is 0.349 e. The Hall–Kier alpha value is -1.84. The Balaban J connectivity index is 1.79. The minimum Gasteiger partial charge on any atom is -0.349 e. The summed E-state index contributed by atoms with van der Waals surface area (Å²) in [7, 11) is 3.67. The maximum atomic E-state index is 12.9. The number of benzene rings is 1. The molecule has 0 bridgehead atoms. The number of likely N-dealkylation sites (tertiary alicyclic amines) is 1. The average molecular weight is 328 g/mol. The van der Waals surface area contributed by atoms with Crippen LogP contribution >= 0.6 is 0 Å². The summed E-state index contributed by atoms with van der Waals surface area (Å²) in [6.07, 6.45) is 4.07. The SMILES string of the molecule is Cc1cc(C)cc(C(=O)N2CC[C@]3(CCC[C@H]3C(=O)N(C)C)C2)c1.